The predicted molar refractivity (Wildman–Crippen MR) is 127 cm³/mol. The lowest BCUT2D eigenvalue weighted by Crippen LogP contribution is -2.44. The Kier molecular flexibility index (Phi) is 9.28. The van der Waals surface area contributed by atoms with E-state index in [0.717, 1.165) is 30.9 Å². The molecule has 3 rings (SSSR count). The first-order chi connectivity index (χ1) is 13.1. The van der Waals surface area contributed by atoms with Gasteiger partial charge in [0.1, 0.15) is 0 Å². The van der Waals surface area contributed by atoms with Gasteiger partial charge in [-0.2, -0.15) is 0 Å². The summed E-state index contributed by atoms with van der Waals surface area (Å²) in [5.74, 6) is 2.60. The normalized spacial score (nSPS) is 19.9. The van der Waals surface area contributed by atoms with Crippen molar-refractivity contribution in [2.24, 2.45) is 16.8 Å². The van der Waals surface area contributed by atoms with Crippen LogP contribution in [0.5, 0.6) is 0 Å². The van der Waals surface area contributed by atoms with Crippen molar-refractivity contribution in [3.63, 3.8) is 0 Å². The summed E-state index contributed by atoms with van der Waals surface area (Å²) in [5, 5.41) is 7.06. The number of benzene rings is 1. The number of aromatic nitrogens is 2. The molecule has 0 saturated heterocycles. The lowest BCUT2D eigenvalue weighted by atomic mass is 9.80. The average Bonchev–Trinajstić information content (AvgIpc) is 3.19. The maximum absolute atomic E-state index is 4.40. The smallest absolute Gasteiger partial charge is 0.191 e. The Bertz CT molecular complexity index is 701. The van der Waals surface area contributed by atoms with Gasteiger partial charge in [0, 0.05) is 38.6 Å². The second-order valence-corrected chi connectivity index (χ2v) is 7.98. The first-order valence-corrected chi connectivity index (χ1v) is 10.1. The van der Waals surface area contributed by atoms with E-state index in [4.69, 9.17) is 0 Å². The van der Waals surface area contributed by atoms with Crippen LogP contribution in [0.2, 0.25) is 0 Å². The molecule has 5 nitrogen and oxygen atoms in total. The van der Waals surface area contributed by atoms with Gasteiger partial charge in [-0.25, -0.2) is 4.98 Å². The van der Waals surface area contributed by atoms with E-state index in [1.807, 2.05) is 25.8 Å². The monoisotopic (exact) mass is 495 g/mol. The summed E-state index contributed by atoms with van der Waals surface area (Å²) in [4.78, 5) is 8.49. The molecular formula is C22H34IN5. The average molecular weight is 495 g/mol. The molecule has 1 aromatic heterocycles. The maximum Gasteiger partial charge on any atom is 0.191 e. The van der Waals surface area contributed by atoms with Crippen molar-refractivity contribution in [3.8, 4) is 0 Å². The summed E-state index contributed by atoms with van der Waals surface area (Å²) in [7, 11) is 1.85. The maximum atomic E-state index is 4.40. The minimum atomic E-state index is 0. The molecule has 2 aromatic rings. The number of guanidine groups is 1. The zero-order valence-electron chi connectivity index (χ0n) is 17.3. The van der Waals surface area contributed by atoms with E-state index < -0.39 is 0 Å². The fourth-order valence-corrected chi connectivity index (χ4v) is 3.86. The fourth-order valence-electron chi connectivity index (χ4n) is 3.86. The van der Waals surface area contributed by atoms with Crippen LogP contribution in [-0.4, -0.2) is 28.6 Å². The highest BCUT2D eigenvalue weighted by Gasteiger charge is 2.23. The standard InChI is InChI=1S/C22H33N5.HI/c1-17(2)20-8-10-21(11-9-20)26-22(23-3)25-14-18-4-6-19(7-5-18)15-27-13-12-24-16-27;/h4-7,12-13,16-17,20-21H,8-11,14-15H2,1-3H3,(H2,23,25,26);1H. The zero-order valence-corrected chi connectivity index (χ0v) is 19.6. The first-order valence-electron chi connectivity index (χ1n) is 10.1. The van der Waals surface area contributed by atoms with Crippen molar-refractivity contribution in [1.29, 1.82) is 0 Å². The molecule has 0 atom stereocenters. The van der Waals surface area contributed by atoms with Crippen molar-refractivity contribution < 1.29 is 0 Å². The molecule has 0 bridgehead atoms. The number of halogens is 1. The lowest BCUT2D eigenvalue weighted by molar-refractivity contribution is 0.250. The van der Waals surface area contributed by atoms with Crippen LogP contribution in [-0.2, 0) is 13.1 Å². The van der Waals surface area contributed by atoms with Crippen LogP contribution in [0.4, 0.5) is 0 Å². The summed E-state index contributed by atoms with van der Waals surface area (Å²) < 4.78 is 2.08. The van der Waals surface area contributed by atoms with Crippen molar-refractivity contribution in [1.82, 2.24) is 20.2 Å². The van der Waals surface area contributed by atoms with Gasteiger partial charge in [0.2, 0.25) is 0 Å². The van der Waals surface area contributed by atoms with Crippen molar-refractivity contribution in [2.45, 2.75) is 58.7 Å². The Morgan fingerprint density at radius 1 is 1.14 bits per heavy atom. The van der Waals surface area contributed by atoms with Gasteiger partial charge in [-0.3, -0.25) is 4.99 Å². The first kappa shape index (κ1) is 22.7. The molecule has 0 radical (unpaired) electrons. The number of nitrogens with one attached hydrogen (secondary N) is 2. The van der Waals surface area contributed by atoms with Crippen LogP contribution in [0.1, 0.15) is 50.7 Å². The second-order valence-electron chi connectivity index (χ2n) is 7.98. The lowest BCUT2D eigenvalue weighted by Gasteiger charge is -2.32. The van der Waals surface area contributed by atoms with Gasteiger partial charge in [-0.1, -0.05) is 38.1 Å². The summed E-state index contributed by atoms with van der Waals surface area (Å²) in [6, 6.07) is 9.27. The molecule has 1 aliphatic rings. The Balaban J connectivity index is 0.00000280. The Hall–Kier alpha value is -1.57. The molecule has 0 aliphatic heterocycles. The molecule has 0 spiro atoms. The molecular weight excluding hydrogens is 461 g/mol. The molecule has 1 aliphatic carbocycles. The van der Waals surface area contributed by atoms with Crippen molar-refractivity contribution in [2.75, 3.05) is 7.05 Å². The van der Waals surface area contributed by atoms with E-state index in [1.165, 1.54) is 36.8 Å². The number of hydrogen-bond donors (Lipinski definition) is 2. The Morgan fingerprint density at radius 3 is 2.39 bits per heavy atom. The number of nitrogens with zero attached hydrogens (tertiary/aromatic N) is 3. The number of hydrogen-bond acceptors (Lipinski definition) is 2. The third kappa shape index (κ3) is 6.79. The molecule has 1 heterocycles. The van der Waals surface area contributed by atoms with E-state index in [9.17, 15) is 0 Å². The van der Waals surface area contributed by atoms with Crippen LogP contribution < -0.4 is 10.6 Å². The van der Waals surface area contributed by atoms with E-state index in [2.05, 4.69) is 63.3 Å². The molecule has 0 unspecified atom stereocenters. The van der Waals surface area contributed by atoms with E-state index in [-0.39, 0.29) is 24.0 Å². The quantitative estimate of drug-likeness (QED) is 0.354. The summed E-state index contributed by atoms with van der Waals surface area (Å²) >= 11 is 0. The largest absolute Gasteiger partial charge is 0.354 e. The Morgan fingerprint density at radius 2 is 1.82 bits per heavy atom. The SMILES string of the molecule is CN=C(NCc1ccc(Cn2ccnc2)cc1)NC1CCC(C(C)C)CC1.I. The van der Waals surface area contributed by atoms with Gasteiger partial charge >= 0.3 is 0 Å². The highest BCUT2D eigenvalue weighted by molar-refractivity contribution is 14.0. The minimum Gasteiger partial charge on any atom is -0.354 e. The number of imidazole rings is 1. The van der Waals surface area contributed by atoms with Crippen molar-refractivity contribution >= 4 is 29.9 Å². The second kappa shape index (κ2) is 11.4. The van der Waals surface area contributed by atoms with Gasteiger partial charge in [0.05, 0.1) is 6.33 Å². The van der Waals surface area contributed by atoms with Crippen LogP contribution in [0, 0.1) is 11.8 Å². The molecule has 1 aromatic carbocycles. The molecule has 154 valence electrons. The predicted octanol–water partition coefficient (Wildman–Crippen LogP) is 4.43. The van der Waals surface area contributed by atoms with E-state index in [1.54, 1.807) is 0 Å². The van der Waals surface area contributed by atoms with Gasteiger partial charge in [0.25, 0.3) is 0 Å². The summed E-state index contributed by atoms with van der Waals surface area (Å²) in [6.07, 6.45) is 10.8. The van der Waals surface area contributed by atoms with Crippen LogP contribution in [0.3, 0.4) is 0 Å². The van der Waals surface area contributed by atoms with Crippen molar-refractivity contribution in [3.05, 3.63) is 54.1 Å². The molecule has 1 fully saturated rings. The summed E-state index contributed by atoms with van der Waals surface area (Å²) in [5.41, 5.74) is 2.54. The Labute approximate surface area is 186 Å². The van der Waals surface area contributed by atoms with Crippen LogP contribution >= 0.6 is 24.0 Å². The minimum absolute atomic E-state index is 0. The van der Waals surface area contributed by atoms with E-state index >= 15 is 0 Å². The molecule has 0 amide bonds. The molecule has 2 N–H and O–H groups in total. The molecule has 28 heavy (non-hydrogen) atoms. The summed E-state index contributed by atoms with van der Waals surface area (Å²) in [6.45, 7) is 6.33. The molecule has 1 saturated carbocycles. The zero-order chi connectivity index (χ0) is 19.1. The van der Waals surface area contributed by atoms with Crippen LogP contribution in [0.25, 0.3) is 0 Å². The van der Waals surface area contributed by atoms with Crippen LogP contribution in [0.15, 0.2) is 48.0 Å². The molecule has 6 heteroatoms. The number of rotatable bonds is 6. The fraction of sp³-hybridized carbons (Fsp3) is 0.545. The third-order valence-electron chi connectivity index (χ3n) is 5.69. The van der Waals surface area contributed by atoms with Gasteiger partial charge in [-0.05, 0) is 48.6 Å². The highest BCUT2D eigenvalue weighted by atomic mass is 127. The third-order valence-corrected chi connectivity index (χ3v) is 5.69. The highest BCUT2D eigenvalue weighted by Crippen LogP contribution is 2.29. The van der Waals surface area contributed by atoms with Gasteiger partial charge < -0.3 is 15.2 Å². The topological polar surface area (TPSA) is 54.2 Å². The number of aliphatic imine (C=N–C) groups is 1. The van der Waals surface area contributed by atoms with Gasteiger partial charge in [0.15, 0.2) is 5.96 Å². The van der Waals surface area contributed by atoms with E-state index in [0.29, 0.717) is 6.04 Å². The van der Waals surface area contributed by atoms with Gasteiger partial charge in [-0.15, -0.1) is 24.0 Å².